The Labute approximate surface area is 231 Å². The summed E-state index contributed by atoms with van der Waals surface area (Å²) in [4.78, 5) is 32.9. The van der Waals surface area contributed by atoms with Gasteiger partial charge in [0.1, 0.15) is 12.4 Å². The molecule has 0 saturated carbocycles. The van der Waals surface area contributed by atoms with Gasteiger partial charge in [0.15, 0.2) is 5.13 Å². The summed E-state index contributed by atoms with van der Waals surface area (Å²) in [6.07, 6.45) is 1.22. The van der Waals surface area contributed by atoms with E-state index in [9.17, 15) is 20.0 Å². The zero-order chi connectivity index (χ0) is 27.4. The number of carboxylic acid groups (broad SMARTS) is 1. The third-order valence-electron chi connectivity index (χ3n) is 7.18. The fourth-order valence-corrected chi connectivity index (χ4v) is 5.74. The van der Waals surface area contributed by atoms with Crippen LogP contribution in [0.25, 0.3) is 11.3 Å². The van der Waals surface area contributed by atoms with E-state index in [1.54, 1.807) is 23.1 Å². The molecule has 202 valence electrons. The summed E-state index contributed by atoms with van der Waals surface area (Å²) in [7, 11) is 0. The molecule has 3 heterocycles. The number of amides is 1. The van der Waals surface area contributed by atoms with E-state index >= 15 is 0 Å². The molecule has 2 fully saturated rings. The molecule has 2 saturated heterocycles. The molecule has 0 radical (unpaired) electrons. The maximum Gasteiger partial charge on any atom is 0.306 e. The van der Waals surface area contributed by atoms with E-state index in [0.717, 1.165) is 22.0 Å². The molecule has 0 atom stereocenters. The third kappa shape index (κ3) is 6.05. The number of rotatable bonds is 7. The molecule has 0 unspecified atom stereocenters. The fraction of sp³-hybridized carbons (Fsp3) is 0.379. The van der Waals surface area contributed by atoms with E-state index in [1.165, 1.54) is 11.3 Å². The van der Waals surface area contributed by atoms with Crippen molar-refractivity contribution in [3.63, 3.8) is 0 Å². The van der Waals surface area contributed by atoms with Crippen LogP contribution in [0.1, 0.15) is 39.9 Å². The van der Waals surface area contributed by atoms with Crippen LogP contribution < -0.4 is 9.64 Å². The summed E-state index contributed by atoms with van der Waals surface area (Å²) in [5, 5.41) is 21.9. The minimum atomic E-state index is -0.728. The molecule has 2 aliphatic heterocycles. The number of hydrogen-bond acceptors (Lipinski definition) is 8. The fourth-order valence-electron chi connectivity index (χ4n) is 4.86. The van der Waals surface area contributed by atoms with Crippen molar-refractivity contribution < 1.29 is 24.2 Å². The summed E-state index contributed by atoms with van der Waals surface area (Å²) in [6.45, 7) is 5.64. The van der Waals surface area contributed by atoms with Gasteiger partial charge < -0.3 is 24.4 Å². The molecular formula is C29H30N4O5S. The molecule has 1 N–H and O–H groups in total. The van der Waals surface area contributed by atoms with Crippen molar-refractivity contribution in [1.82, 2.24) is 9.88 Å². The maximum absolute atomic E-state index is 12.8. The largest absolute Gasteiger partial charge is 0.488 e. The van der Waals surface area contributed by atoms with Crippen molar-refractivity contribution in [2.24, 2.45) is 5.92 Å². The van der Waals surface area contributed by atoms with Crippen LogP contribution in [0.2, 0.25) is 0 Å². The van der Waals surface area contributed by atoms with E-state index in [2.05, 4.69) is 11.0 Å². The maximum atomic E-state index is 12.8. The Morgan fingerprint density at radius 2 is 1.92 bits per heavy atom. The number of aromatic nitrogens is 1. The lowest BCUT2D eigenvalue weighted by Gasteiger charge is -2.29. The number of benzene rings is 2. The highest BCUT2D eigenvalue weighted by atomic mass is 32.1. The summed E-state index contributed by atoms with van der Waals surface area (Å²) in [6, 6.07) is 13.3. The van der Waals surface area contributed by atoms with Gasteiger partial charge in [-0.3, -0.25) is 9.59 Å². The van der Waals surface area contributed by atoms with Crippen LogP contribution in [0.5, 0.6) is 5.75 Å². The zero-order valence-electron chi connectivity index (χ0n) is 21.8. The average Bonchev–Trinajstić information content (AvgIpc) is 3.47. The molecule has 2 aliphatic rings. The minimum absolute atomic E-state index is 0.102. The van der Waals surface area contributed by atoms with E-state index in [0.29, 0.717) is 74.7 Å². The van der Waals surface area contributed by atoms with E-state index < -0.39 is 5.97 Å². The van der Waals surface area contributed by atoms with Crippen molar-refractivity contribution in [3.05, 3.63) is 64.0 Å². The third-order valence-corrected chi connectivity index (χ3v) is 8.08. The van der Waals surface area contributed by atoms with Crippen molar-refractivity contribution in [1.29, 1.82) is 5.26 Å². The number of nitrogens with zero attached hydrogens (tertiary/aromatic N) is 4. The number of carboxylic acids is 1. The quantitative estimate of drug-likeness (QED) is 0.465. The number of ether oxygens (including phenoxy) is 2. The lowest BCUT2D eigenvalue weighted by Crippen LogP contribution is -2.40. The van der Waals surface area contributed by atoms with E-state index in [4.69, 9.17) is 14.5 Å². The lowest BCUT2D eigenvalue weighted by atomic mass is 9.97. The number of anilines is 1. The monoisotopic (exact) mass is 546 g/mol. The Bertz CT molecular complexity index is 1400. The molecule has 3 aromatic rings. The molecule has 0 spiro atoms. The van der Waals surface area contributed by atoms with Crippen molar-refractivity contribution in [2.45, 2.75) is 26.4 Å². The summed E-state index contributed by atoms with van der Waals surface area (Å²) in [5.74, 6) is -0.467. The highest BCUT2D eigenvalue weighted by molar-refractivity contribution is 7.14. The first-order valence-electron chi connectivity index (χ1n) is 13.0. The molecular weight excluding hydrogens is 516 g/mol. The number of carbonyl (C=O) groups is 2. The van der Waals surface area contributed by atoms with Crippen LogP contribution >= 0.6 is 11.3 Å². The van der Waals surface area contributed by atoms with Gasteiger partial charge in [0.25, 0.3) is 5.91 Å². The molecule has 1 amide bonds. The number of aliphatic carboxylic acids is 1. The van der Waals surface area contributed by atoms with Crippen LogP contribution in [0.15, 0.2) is 41.8 Å². The summed E-state index contributed by atoms with van der Waals surface area (Å²) >= 11 is 1.54. The van der Waals surface area contributed by atoms with Gasteiger partial charge in [0, 0.05) is 48.2 Å². The van der Waals surface area contributed by atoms with Crippen molar-refractivity contribution >= 4 is 28.3 Å². The summed E-state index contributed by atoms with van der Waals surface area (Å²) < 4.78 is 11.5. The molecule has 0 bridgehead atoms. The van der Waals surface area contributed by atoms with Gasteiger partial charge in [-0.05, 0) is 44.0 Å². The first-order chi connectivity index (χ1) is 18.9. The van der Waals surface area contributed by atoms with Crippen molar-refractivity contribution in [3.8, 4) is 23.1 Å². The van der Waals surface area contributed by atoms with Crippen molar-refractivity contribution in [2.75, 3.05) is 44.3 Å². The van der Waals surface area contributed by atoms with Crippen LogP contribution in [0.4, 0.5) is 5.13 Å². The second kappa shape index (κ2) is 11.8. The van der Waals surface area contributed by atoms with Gasteiger partial charge in [0.05, 0.1) is 36.5 Å². The van der Waals surface area contributed by atoms with E-state index in [-0.39, 0.29) is 18.4 Å². The topological polar surface area (TPSA) is 116 Å². The number of morpholine rings is 1. The molecule has 39 heavy (non-hydrogen) atoms. The molecule has 9 nitrogen and oxygen atoms in total. The lowest BCUT2D eigenvalue weighted by molar-refractivity contribution is -0.142. The Kier molecular flexibility index (Phi) is 8.10. The molecule has 5 rings (SSSR count). The molecule has 2 aromatic carbocycles. The van der Waals surface area contributed by atoms with Gasteiger partial charge in [-0.1, -0.05) is 17.7 Å². The highest BCUT2D eigenvalue weighted by Crippen LogP contribution is 2.36. The Morgan fingerprint density at radius 3 is 2.64 bits per heavy atom. The first kappa shape index (κ1) is 26.7. The molecule has 1 aromatic heterocycles. The number of aryl methyl sites for hydroxylation is 1. The number of piperidine rings is 1. The molecule has 10 heteroatoms. The number of thiazole rings is 1. The van der Waals surface area contributed by atoms with Gasteiger partial charge >= 0.3 is 5.97 Å². The van der Waals surface area contributed by atoms with Gasteiger partial charge in [-0.15, -0.1) is 11.3 Å². The smallest absolute Gasteiger partial charge is 0.306 e. The Balaban J connectivity index is 1.31. The van der Waals surface area contributed by atoms with Gasteiger partial charge in [-0.25, -0.2) is 4.98 Å². The SMILES string of the molecule is Cc1ccc(OCc2ccc(C(=O)N3CCOCC3)cc2C#N)c(-c2csc(N3CCC(C(=O)O)CC3)n2)c1. The highest BCUT2D eigenvalue weighted by Gasteiger charge is 2.26. The van der Waals surface area contributed by atoms with Gasteiger partial charge in [0.2, 0.25) is 0 Å². The second-order valence-corrected chi connectivity index (χ2v) is 10.6. The van der Waals surface area contributed by atoms with Gasteiger partial charge in [-0.2, -0.15) is 5.26 Å². The number of carbonyl (C=O) groups excluding carboxylic acids is 1. The Hall–Kier alpha value is -3.94. The normalized spacial score (nSPS) is 16.1. The molecule has 0 aliphatic carbocycles. The predicted octanol–water partition coefficient (Wildman–Crippen LogP) is 4.34. The van der Waals surface area contributed by atoms with Crippen LogP contribution in [0.3, 0.4) is 0 Å². The van der Waals surface area contributed by atoms with Crippen LogP contribution in [0, 0.1) is 24.2 Å². The average molecular weight is 547 g/mol. The minimum Gasteiger partial charge on any atom is -0.488 e. The van der Waals surface area contributed by atoms with Crippen LogP contribution in [-0.4, -0.2) is 66.3 Å². The standard InChI is InChI=1S/C29H30N4O5S/c1-19-2-5-26(24(14-19)25-18-39-29(31-25)33-8-6-20(7-9-33)28(35)36)38-17-22-4-3-21(15-23(22)16-30)27(34)32-10-12-37-13-11-32/h2-5,14-15,18,20H,6-13,17H2,1H3,(H,35,36). The van der Waals surface area contributed by atoms with Crippen LogP contribution in [-0.2, 0) is 16.1 Å². The summed E-state index contributed by atoms with van der Waals surface area (Å²) in [5.41, 5.74) is 4.30. The number of nitriles is 1. The van der Waals surface area contributed by atoms with E-state index in [1.807, 2.05) is 30.5 Å². The first-order valence-corrected chi connectivity index (χ1v) is 13.9. The zero-order valence-corrected chi connectivity index (χ0v) is 22.6. The Morgan fingerprint density at radius 1 is 1.15 bits per heavy atom. The predicted molar refractivity (Wildman–Crippen MR) is 147 cm³/mol. The number of hydrogen-bond donors (Lipinski definition) is 1. The second-order valence-electron chi connectivity index (χ2n) is 9.79.